The van der Waals surface area contributed by atoms with Crippen molar-refractivity contribution in [3.63, 3.8) is 0 Å². The monoisotopic (exact) mass is 433 g/mol. The molecule has 0 aromatic heterocycles. The summed E-state index contributed by atoms with van der Waals surface area (Å²) in [5, 5.41) is 5.68. The molecule has 0 radical (unpaired) electrons. The summed E-state index contributed by atoms with van der Waals surface area (Å²) in [6, 6.07) is 14.6. The lowest BCUT2D eigenvalue weighted by molar-refractivity contribution is -0.123. The van der Waals surface area contributed by atoms with Crippen LogP contribution in [0.25, 0.3) is 0 Å². The molecule has 2 unspecified atom stereocenters. The highest BCUT2D eigenvalue weighted by Gasteiger charge is 2.18. The summed E-state index contributed by atoms with van der Waals surface area (Å²) in [6.07, 6.45) is 1.58. The van der Waals surface area contributed by atoms with Gasteiger partial charge in [0.1, 0.15) is 5.75 Å². The van der Waals surface area contributed by atoms with Crippen molar-refractivity contribution in [3.05, 3.63) is 59.7 Å². The second-order valence-corrected chi connectivity index (χ2v) is 7.30. The molecule has 30 heavy (non-hydrogen) atoms. The van der Waals surface area contributed by atoms with Crippen molar-refractivity contribution in [1.82, 2.24) is 5.32 Å². The van der Waals surface area contributed by atoms with Crippen molar-refractivity contribution >= 4 is 29.9 Å². The van der Waals surface area contributed by atoms with Gasteiger partial charge in [-0.1, -0.05) is 50.1 Å². The molecule has 6 nitrogen and oxygen atoms in total. The first-order chi connectivity index (χ1) is 13.9. The highest BCUT2D eigenvalue weighted by Crippen LogP contribution is 2.13. The van der Waals surface area contributed by atoms with Gasteiger partial charge in [-0.15, -0.1) is 12.4 Å². The normalized spacial score (nSPS) is 12.3. The number of rotatable bonds is 10. The number of halogens is 1. The maximum absolute atomic E-state index is 12.0. The highest BCUT2D eigenvalue weighted by molar-refractivity contribution is 5.91. The topological polar surface area (TPSA) is 93.5 Å². The Kier molecular flexibility index (Phi) is 10.9. The molecule has 0 heterocycles. The van der Waals surface area contributed by atoms with E-state index in [-0.39, 0.29) is 36.7 Å². The summed E-state index contributed by atoms with van der Waals surface area (Å²) in [6.45, 7) is 6.46. The van der Waals surface area contributed by atoms with Crippen molar-refractivity contribution in [2.24, 2.45) is 11.7 Å². The number of carbonyl (C=O) groups is 2. The average Bonchev–Trinajstić information content (AvgIpc) is 2.73. The molecule has 0 saturated carbocycles. The van der Waals surface area contributed by atoms with Crippen molar-refractivity contribution in [2.45, 2.75) is 39.7 Å². The molecule has 164 valence electrons. The molecule has 0 aliphatic heterocycles. The minimum Gasteiger partial charge on any atom is -0.484 e. The van der Waals surface area contributed by atoms with E-state index in [9.17, 15) is 9.59 Å². The molecule has 0 bridgehead atoms. The van der Waals surface area contributed by atoms with Gasteiger partial charge in [-0.25, -0.2) is 0 Å². The predicted molar refractivity (Wildman–Crippen MR) is 123 cm³/mol. The van der Waals surface area contributed by atoms with Crippen LogP contribution < -0.4 is 21.1 Å². The Morgan fingerprint density at radius 1 is 1.07 bits per heavy atom. The molecule has 0 aliphatic carbocycles. The SMILES string of the molecule is CCC(C)C(N)C(=O)NCCc1ccc(OCC(=O)Nc2ccc(C)cc2)cc1.Cl. The van der Waals surface area contributed by atoms with Crippen LogP contribution in [-0.2, 0) is 16.0 Å². The molecule has 2 aromatic carbocycles. The standard InChI is InChI=1S/C23H31N3O3.ClH/c1-4-17(3)22(24)23(28)25-14-13-18-7-11-20(12-8-18)29-15-21(27)26-19-9-5-16(2)6-10-19;/h5-12,17,22H,4,13-15,24H2,1-3H3,(H,25,28)(H,26,27);1H. The van der Waals surface area contributed by atoms with Crippen LogP contribution in [0.15, 0.2) is 48.5 Å². The van der Waals surface area contributed by atoms with Gasteiger partial charge in [0, 0.05) is 12.2 Å². The van der Waals surface area contributed by atoms with Crippen LogP contribution in [-0.4, -0.2) is 31.0 Å². The quantitative estimate of drug-likeness (QED) is 0.534. The lowest BCUT2D eigenvalue weighted by Crippen LogP contribution is -2.45. The average molecular weight is 434 g/mol. The first kappa shape index (κ1) is 25.5. The third-order valence-electron chi connectivity index (χ3n) is 4.90. The number of hydrogen-bond acceptors (Lipinski definition) is 4. The fraction of sp³-hybridized carbons (Fsp3) is 0.391. The van der Waals surface area contributed by atoms with Gasteiger partial charge in [0.2, 0.25) is 5.91 Å². The maximum Gasteiger partial charge on any atom is 0.262 e. The van der Waals surface area contributed by atoms with Crippen LogP contribution >= 0.6 is 12.4 Å². The van der Waals surface area contributed by atoms with Crippen LogP contribution in [0, 0.1) is 12.8 Å². The van der Waals surface area contributed by atoms with Gasteiger partial charge in [-0.2, -0.15) is 0 Å². The van der Waals surface area contributed by atoms with E-state index in [2.05, 4.69) is 10.6 Å². The summed E-state index contributed by atoms with van der Waals surface area (Å²) in [7, 11) is 0. The Labute approximate surface area is 185 Å². The van der Waals surface area contributed by atoms with Crippen LogP contribution in [0.4, 0.5) is 5.69 Å². The number of nitrogens with one attached hydrogen (secondary N) is 2. The Hall–Kier alpha value is -2.57. The summed E-state index contributed by atoms with van der Waals surface area (Å²) in [5.41, 5.74) is 8.87. The molecule has 4 N–H and O–H groups in total. The Bertz CT molecular complexity index is 794. The number of nitrogens with two attached hydrogens (primary N) is 1. The molecule has 2 amide bonds. The largest absolute Gasteiger partial charge is 0.484 e. The zero-order valence-electron chi connectivity index (χ0n) is 17.8. The molecule has 0 saturated heterocycles. The molecular formula is C23H32ClN3O3. The number of ether oxygens (including phenoxy) is 1. The molecule has 7 heteroatoms. The number of carbonyl (C=O) groups excluding carboxylic acids is 2. The molecule has 2 atom stereocenters. The molecule has 0 spiro atoms. The Balaban J connectivity index is 0.00000450. The number of aryl methyl sites for hydroxylation is 1. The van der Waals surface area contributed by atoms with Gasteiger partial charge < -0.3 is 21.1 Å². The van der Waals surface area contributed by atoms with E-state index in [4.69, 9.17) is 10.5 Å². The lowest BCUT2D eigenvalue weighted by Gasteiger charge is -2.17. The van der Waals surface area contributed by atoms with E-state index in [1.54, 1.807) is 0 Å². The van der Waals surface area contributed by atoms with E-state index < -0.39 is 6.04 Å². The molecule has 2 rings (SSSR count). The predicted octanol–water partition coefficient (Wildman–Crippen LogP) is 3.47. The number of hydrogen-bond donors (Lipinski definition) is 3. The van der Waals surface area contributed by atoms with Gasteiger partial charge in [0.05, 0.1) is 6.04 Å². The third-order valence-corrected chi connectivity index (χ3v) is 4.90. The van der Waals surface area contributed by atoms with Gasteiger partial charge in [0.15, 0.2) is 6.61 Å². The van der Waals surface area contributed by atoms with E-state index in [0.29, 0.717) is 18.7 Å². The minimum absolute atomic E-state index is 0. The van der Waals surface area contributed by atoms with Crippen molar-refractivity contribution in [2.75, 3.05) is 18.5 Å². The highest BCUT2D eigenvalue weighted by atomic mass is 35.5. The smallest absolute Gasteiger partial charge is 0.262 e. The minimum atomic E-state index is -0.471. The molecular weight excluding hydrogens is 402 g/mol. The molecule has 0 aliphatic rings. The van der Waals surface area contributed by atoms with E-state index in [0.717, 1.165) is 23.2 Å². The summed E-state index contributed by atoms with van der Waals surface area (Å²) in [4.78, 5) is 24.0. The van der Waals surface area contributed by atoms with Gasteiger partial charge in [-0.3, -0.25) is 9.59 Å². The number of benzene rings is 2. The van der Waals surface area contributed by atoms with Crippen molar-refractivity contribution in [1.29, 1.82) is 0 Å². The maximum atomic E-state index is 12.0. The van der Waals surface area contributed by atoms with E-state index in [1.807, 2.05) is 69.3 Å². The molecule has 0 fully saturated rings. The zero-order chi connectivity index (χ0) is 21.2. The van der Waals surface area contributed by atoms with E-state index in [1.165, 1.54) is 0 Å². The second-order valence-electron chi connectivity index (χ2n) is 7.30. The van der Waals surface area contributed by atoms with Gasteiger partial charge in [0.25, 0.3) is 5.91 Å². The zero-order valence-corrected chi connectivity index (χ0v) is 18.6. The number of anilines is 1. The van der Waals surface area contributed by atoms with Crippen molar-refractivity contribution < 1.29 is 14.3 Å². The first-order valence-electron chi connectivity index (χ1n) is 10.0. The van der Waals surface area contributed by atoms with Crippen LogP contribution in [0.1, 0.15) is 31.4 Å². The second kappa shape index (κ2) is 12.9. The molecule has 2 aromatic rings. The first-order valence-corrected chi connectivity index (χ1v) is 10.0. The van der Waals surface area contributed by atoms with Gasteiger partial charge >= 0.3 is 0 Å². The van der Waals surface area contributed by atoms with Crippen LogP contribution in [0.5, 0.6) is 5.75 Å². The lowest BCUT2D eigenvalue weighted by atomic mass is 9.99. The summed E-state index contributed by atoms with van der Waals surface area (Å²) in [5.74, 6) is 0.461. The Morgan fingerprint density at radius 3 is 2.30 bits per heavy atom. The Morgan fingerprint density at radius 2 is 1.70 bits per heavy atom. The number of amides is 2. The fourth-order valence-corrected chi connectivity index (χ4v) is 2.70. The fourth-order valence-electron chi connectivity index (χ4n) is 2.70. The van der Waals surface area contributed by atoms with Crippen LogP contribution in [0.2, 0.25) is 0 Å². The van der Waals surface area contributed by atoms with E-state index >= 15 is 0 Å². The van der Waals surface area contributed by atoms with Gasteiger partial charge in [-0.05, 0) is 49.1 Å². The third kappa shape index (κ3) is 8.43. The summed E-state index contributed by atoms with van der Waals surface area (Å²) >= 11 is 0. The van der Waals surface area contributed by atoms with Crippen LogP contribution in [0.3, 0.4) is 0 Å². The van der Waals surface area contributed by atoms with Crippen molar-refractivity contribution in [3.8, 4) is 5.75 Å². The summed E-state index contributed by atoms with van der Waals surface area (Å²) < 4.78 is 5.53.